The molecule has 0 radical (unpaired) electrons. The Labute approximate surface area is 91.7 Å². The summed E-state index contributed by atoms with van der Waals surface area (Å²) in [6.45, 7) is 8.03. The summed E-state index contributed by atoms with van der Waals surface area (Å²) in [5.41, 5.74) is 3.25. The molecule has 0 aliphatic carbocycles. The first-order valence-electron chi connectivity index (χ1n) is 5.42. The fourth-order valence-corrected chi connectivity index (χ4v) is 1.50. The van der Waals surface area contributed by atoms with E-state index in [9.17, 15) is 4.79 Å². The summed E-state index contributed by atoms with van der Waals surface area (Å²) >= 11 is 0. The summed E-state index contributed by atoms with van der Waals surface area (Å²) in [4.78, 5) is 11.7. The lowest BCUT2D eigenvalue weighted by molar-refractivity contribution is -0.119. The van der Waals surface area contributed by atoms with E-state index in [2.05, 4.69) is 11.4 Å². The van der Waals surface area contributed by atoms with Gasteiger partial charge in [0.15, 0.2) is 0 Å². The third-order valence-corrected chi connectivity index (χ3v) is 2.55. The molecule has 1 rings (SSSR count). The monoisotopic (exact) mass is 205 g/mol. The third kappa shape index (κ3) is 3.39. The molecular formula is C13H19NO. The molecule has 0 spiro atoms. The minimum atomic E-state index is 0.0748. The molecule has 1 atom stereocenters. The second kappa shape index (κ2) is 4.96. The Kier molecular flexibility index (Phi) is 3.89. The number of hydrogen-bond acceptors (Lipinski definition) is 1. The van der Waals surface area contributed by atoms with E-state index in [0.717, 1.165) is 12.1 Å². The van der Waals surface area contributed by atoms with Crippen molar-refractivity contribution in [1.82, 2.24) is 0 Å². The van der Waals surface area contributed by atoms with E-state index in [0.29, 0.717) is 0 Å². The Morgan fingerprint density at radius 3 is 2.27 bits per heavy atom. The molecule has 15 heavy (non-hydrogen) atoms. The van der Waals surface area contributed by atoms with E-state index in [1.165, 1.54) is 11.1 Å². The SMILES string of the molecule is CCC(C)C(=O)Nc1cc(C)cc(C)c1. The maximum Gasteiger partial charge on any atom is 0.227 e. The lowest BCUT2D eigenvalue weighted by Crippen LogP contribution is -2.19. The smallest absolute Gasteiger partial charge is 0.227 e. The Balaban J connectivity index is 2.76. The number of amides is 1. The molecule has 0 fully saturated rings. The number of nitrogens with one attached hydrogen (secondary N) is 1. The fraction of sp³-hybridized carbons (Fsp3) is 0.462. The average Bonchev–Trinajstić information content (AvgIpc) is 2.14. The molecule has 1 amide bonds. The molecule has 2 nitrogen and oxygen atoms in total. The zero-order chi connectivity index (χ0) is 11.4. The van der Waals surface area contributed by atoms with Crippen LogP contribution in [0.1, 0.15) is 31.4 Å². The highest BCUT2D eigenvalue weighted by Gasteiger charge is 2.10. The number of aryl methyl sites for hydroxylation is 2. The van der Waals surface area contributed by atoms with Crippen molar-refractivity contribution in [1.29, 1.82) is 0 Å². The number of hydrogen-bond donors (Lipinski definition) is 1. The van der Waals surface area contributed by atoms with Gasteiger partial charge in [-0.1, -0.05) is 19.9 Å². The van der Waals surface area contributed by atoms with E-state index in [1.807, 2.05) is 39.8 Å². The lowest BCUT2D eigenvalue weighted by Gasteiger charge is -2.11. The largest absolute Gasteiger partial charge is 0.326 e. The van der Waals surface area contributed by atoms with E-state index in [1.54, 1.807) is 0 Å². The first-order chi connectivity index (χ1) is 7.02. The highest BCUT2D eigenvalue weighted by molar-refractivity contribution is 5.92. The molecule has 0 heterocycles. The topological polar surface area (TPSA) is 29.1 Å². The molecule has 2 heteroatoms. The van der Waals surface area contributed by atoms with Crippen LogP contribution < -0.4 is 5.32 Å². The minimum absolute atomic E-state index is 0.0748. The molecule has 0 saturated carbocycles. The van der Waals surface area contributed by atoms with Crippen molar-refractivity contribution in [2.45, 2.75) is 34.1 Å². The van der Waals surface area contributed by atoms with Crippen molar-refractivity contribution >= 4 is 11.6 Å². The Bertz CT molecular complexity index is 337. The van der Waals surface area contributed by atoms with Crippen LogP contribution >= 0.6 is 0 Å². The first-order valence-corrected chi connectivity index (χ1v) is 5.42. The maximum atomic E-state index is 11.7. The molecule has 1 aromatic carbocycles. The number of anilines is 1. The third-order valence-electron chi connectivity index (χ3n) is 2.55. The predicted molar refractivity (Wildman–Crippen MR) is 64.0 cm³/mol. The van der Waals surface area contributed by atoms with Crippen LogP contribution in [0.15, 0.2) is 18.2 Å². The van der Waals surface area contributed by atoms with Crippen LogP contribution in [0.2, 0.25) is 0 Å². The van der Waals surface area contributed by atoms with E-state index in [4.69, 9.17) is 0 Å². The van der Waals surface area contributed by atoms with Gasteiger partial charge in [-0.3, -0.25) is 4.79 Å². The van der Waals surface area contributed by atoms with Gasteiger partial charge in [-0.2, -0.15) is 0 Å². The van der Waals surface area contributed by atoms with Gasteiger partial charge in [0.1, 0.15) is 0 Å². The van der Waals surface area contributed by atoms with Gasteiger partial charge in [0.25, 0.3) is 0 Å². The molecular weight excluding hydrogens is 186 g/mol. The Morgan fingerprint density at radius 2 is 1.80 bits per heavy atom. The molecule has 1 unspecified atom stereocenters. The number of benzene rings is 1. The van der Waals surface area contributed by atoms with Crippen molar-refractivity contribution < 1.29 is 4.79 Å². The van der Waals surface area contributed by atoms with Crippen LogP contribution in [0.4, 0.5) is 5.69 Å². The molecule has 1 N–H and O–H groups in total. The highest BCUT2D eigenvalue weighted by Crippen LogP contribution is 2.15. The van der Waals surface area contributed by atoms with Gasteiger partial charge >= 0.3 is 0 Å². The lowest BCUT2D eigenvalue weighted by atomic mass is 10.1. The van der Waals surface area contributed by atoms with Crippen LogP contribution in [0.25, 0.3) is 0 Å². The molecule has 0 aliphatic rings. The minimum Gasteiger partial charge on any atom is -0.326 e. The molecule has 82 valence electrons. The van der Waals surface area contributed by atoms with Crippen LogP contribution in [0, 0.1) is 19.8 Å². The van der Waals surface area contributed by atoms with Crippen molar-refractivity contribution in [3.8, 4) is 0 Å². The number of carbonyl (C=O) groups is 1. The van der Waals surface area contributed by atoms with Crippen molar-refractivity contribution in [2.24, 2.45) is 5.92 Å². The first kappa shape index (κ1) is 11.8. The van der Waals surface area contributed by atoms with Crippen LogP contribution in [-0.2, 0) is 4.79 Å². The summed E-state index contributed by atoms with van der Waals surface area (Å²) in [5.74, 6) is 0.174. The predicted octanol–water partition coefficient (Wildman–Crippen LogP) is 3.29. The van der Waals surface area contributed by atoms with Crippen molar-refractivity contribution in [3.05, 3.63) is 29.3 Å². The van der Waals surface area contributed by atoms with Crippen LogP contribution in [-0.4, -0.2) is 5.91 Å². The van der Waals surface area contributed by atoms with Gasteiger partial charge in [-0.15, -0.1) is 0 Å². The standard InChI is InChI=1S/C13H19NO/c1-5-11(4)13(15)14-12-7-9(2)6-10(3)8-12/h6-8,11H,5H2,1-4H3,(H,14,15). The van der Waals surface area contributed by atoms with Gasteiger partial charge in [-0.25, -0.2) is 0 Å². The highest BCUT2D eigenvalue weighted by atomic mass is 16.1. The maximum absolute atomic E-state index is 11.7. The van der Waals surface area contributed by atoms with Gasteiger partial charge in [0.05, 0.1) is 0 Å². The Morgan fingerprint density at radius 1 is 1.27 bits per heavy atom. The summed E-state index contributed by atoms with van der Waals surface area (Å²) in [5, 5.41) is 2.94. The van der Waals surface area contributed by atoms with Gasteiger partial charge in [0, 0.05) is 11.6 Å². The quantitative estimate of drug-likeness (QED) is 0.806. The molecule has 0 aromatic heterocycles. The second-order valence-electron chi connectivity index (χ2n) is 4.17. The van der Waals surface area contributed by atoms with Crippen LogP contribution in [0.5, 0.6) is 0 Å². The zero-order valence-corrected chi connectivity index (χ0v) is 9.92. The summed E-state index contributed by atoms with van der Waals surface area (Å²) < 4.78 is 0. The van der Waals surface area contributed by atoms with Gasteiger partial charge < -0.3 is 5.32 Å². The van der Waals surface area contributed by atoms with E-state index >= 15 is 0 Å². The van der Waals surface area contributed by atoms with E-state index in [-0.39, 0.29) is 11.8 Å². The normalized spacial score (nSPS) is 12.3. The fourth-order valence-electron chi connectivity index (χ4n) is 1.50. The number of carbonyl (C=O) groups excluding carboxylic acids is 1. The summed E-state index contributed by atoms with van der Waals surface area (Å²) in [6.07, 6.45) is 0.872. The van der Waals surface area contributed by atoms with Gasteiger partial charge in [-0.05, 0) is 43.5 Å². The molecule has 0 saturated heterocycles. The summed E-state index contributed by atoms with van der Waals surface area (Å²) in [6, 6.07) is 6.08. The molecule has 1 aromatic rings. The van der Waals surface area contributed by atoms with Gasteiger partial charge in [0.2, 0.25) is 5.91 Å². The molecule has 0 aliphatic heterocycles. The second-order valence-corrected chi connectivity index (χ2v) is 4.17. The van der Waals surface area contributed by atoms with E-state index < -0.39 is 0 Å². The van der Waals surface area contributed by atoms with Crippen LogP contribution in [0.3, 0.4) is 0 Å². The van der Waals surface area contributed by atoms with Crippen molar-refractivity contribution in [3.63, 3.8) is 0 Å². The average molecular weight is 205 g/mol. The summed E-state index contributed by atoms with van der Waals surface area (Å²) in [7, 11) is 0. The zero-order valence-electron chi connectivity index (χ0n) is 9.92. The molecule has 0 bridgehead atoms. The Hall–Kier alpha value is -1.31. The number of rotatable bonds is 3. The van der Waals surface area contributed by atoms with Crippen molar-refractivity contribution in [2.75, 3.05) is 5.32 Å².